The zero-order chi connectivity index (χ0) is 29.8. The van der Waals surface area contributed by atoms with E-state index in [1.54, 1.807) is 11.5 Å². The SMILES string of the molecule is CC#CCn1c(N2CCNCC2)nc2c1c(=O)n(C)c(=O)n2-c1ccc(OC(F)(F)F)cc1.O=C(O)C(F)(F)F. The van der Waals surface area contributed by atoms with Gasteiger partial charge in [-0.2, -0.15) is 18.2 Å². The minimum absolute atomic E-state index is 0.110. The number of carboxylic acid groups (broad SMARTS) is 1. The molecule has 1 fully saturated rings. The van der Waals surface area contributed by atoms with Crippen LogP contribution in [0.3, 0.4) is 0 Å². The third kappa shape index (κ3) is 6.75. The molecule has 1 aliphatic heterocycles. The summed E-state index contributed by atoms with van der Waals surface area (Å²) in [7, 11) is 1.34. The molecule has 1 aliphatic rings. The van der Waals surface area contributed by atoms with E-state index < -0.39 is 35.5 Å². The largest absolute Gasteiger partial charge is 0.573 e. The molecule has 40 heavy (non-hydrogen) atoms. The normalized spacial score (nSPS) is 13.8. The van der Waals surface area contributed by atoms with Gasteiger partial charge in [0.2, 0.25) is 5.95 Å². The quantitative estimate of drug-likeness (QED) is 0.357. The maximum Gasteiger partial charge on any atom is 0.573 e. The molecule has 2 aromatic heterocycles. The van der Waals surface area contributed by atoms with Gasteiger partial charge in [0, 0.05) is 33.2 Å². The van der Waals surface area contributed by atoms with E-state index in [2.05, 4.69) is 26.9 Å². The first-order valence-corrected chi connectivity index (χ1v) is 11.4. The molecule has 0 bridgehead atoms. The lowest BCUT2D eigenvalue weighted by Crippen LogP contribution is -2.44. The van der Waals surface area contributed by atoms with Crippen LogP contribution in [-0.4, -0.2) is 68.5 Å². The van der Waals surface area contributed by atoms with E-state index in [1.807, 2.05) is 4.90 Å². The van der Waals surface area contributed by atoms with Crippen molar-refractivity contribution in [1.82, 2.24) is 24.0 Å². The summed E-state index contributed by atoms with van der Waals surface area (Å²) in [5.74, 6) is 3.07. The first-order valence-electron chi connectivity index (χ1n) is 11.4. The molecular formula is C23H22F6N6O5. The van der Waals surface area contributed by atoms with Gasteiger partial charge in [-0.05, 0) is 31.2 Å². The van der Waals surface area contributed by atoms with Crippen LogP contribution in [0.4, 0.5) is 32.3 Å². The lowest BCUT2D eigenvalue weighted by Gasteiger charge is -2.28. The molecule has 11 nitrogen and oxygen atoms in total. The minimum Gasteiger partial charge on any atom is -0.475 e. The second-order valence-electron chi connectivity index (χ2n) is 8.16. The Kier molecular flexibility index (Phi) is 8.83. The van der Waals surface area contributed by atoms with Crippen LogP contribution in [0.15, 0.2) is 33.9 Å². The highest BCUT2D eigenvalue weighted by atomic mass is 19.4. The van der Waals surface area contributed by atoms with Crippen LogP contribution in [0, 0.1) is 11.8 Å². The molecule has 0 aliphatic carbocycles. The number of benzene rings is 1. The monoisotopic (exact) mass is 576 g/mol. The van der Waals surface area contributed by atoms with Gasteiger partial charge in [-0.3, -0.25) is 13.9 Å². The van der Waals surface area contributed by atoms with Crippen molar-refractivity contribution in [3.63, 3.8) is 0 Å². The van der Waals surface area contributed by atoms with E-state index in [-0.39, 0.29) is 23.4 Å². The summed E-state index contributed by atoms with van der Waals surface area (Å²) in [6.45, 7) is 4.64. The summed E-state index contributed by atoms with van der Waals surface area (Å²) < 4.78 is 77.0. The number of alkyl halides is 6. The van der Waals surface area contributed by atoms with E-state index >= 15 is 0 Å². The van der Waals surface area contributed by atoms with E-state index in [1.165, 1.54) is 23.7 Å². The second-order valence-corrected chi connectivity index (χ2v) is 8.16. The van der Waals surface area contributed by atoms with Crippen LogP contribution in [0.1, 0.15) is 6.92 Å². The lowest BCUT2D eigenvalue weighted by atomic mass is 10.3. The molecule has 0 atom stereocenters. The fourth-order valence-electron chi connectivity index (χ4n) is 3.73. The van der Waals surface area contributed by atoms with Crippen molar-refractivity contribution in [1.29, 1.82) is 0 Å². The first-order chi connectivity index (χ1) is 18.7. The van der Waals surface area contributed by atoms with Gasteiger partial charge in [0.05, 0.1) is 12.2 Å². The number of hydrogen-bond donors (Lipinski definition) is 2. The molecule has 1 aromatic carbocycles. The molecule has 3 aromatic rings. The van der Waals surface area contributed by atoms with Crippen LogP contribution in [0.2, 0.25) is 0 Å². The Morgan fingerprint density at radius 2 is 1.68 bits per heavy atom. The number of nitrogens with one attached hydrogen (secondary N) is 1. The number of carbonyl (C=O) groups is 1. The standard InChI is InChI=1S/C21H21F3N6O3.C2HF3O2/c1-3-4-11-29-16-17(26-19(29)28-12-9-25-10-13-28)30(20(32)27(2)18(16)31)14-5-7-15(8-6-14)33-21(22,23)24;3-2(4,5)1(6)7/h5-8,25H,9-13H2,1-2H3;(H,6,7). The Labute approximate surface area is 221 Å². The maximum atomic E-state index is 13.1. The zero-order valence-electron chi connectivity index (χ0n) is 20.9. The van der Waals surface area contributed by atoms with Gasteiger partial charge >= 0.3 is 24.2 Å². The van der Waals surface area contributed by atoms with Crippen LogP contribution < -0.4 is 26.2 Å². The molecule has 4 rings (SSSR count). The number of anilines is 1. The number of rotatable bonds is 4. The maximum absolute atomic E-state index is 13.1. The van der Waals surface area contributed by atoms with Gasteiger partial charge in [0.25, 0.3) is 5.56 Å². The van der Waals surface area contributed by atoms with Gasteiger partial charge in [-0.25, -0.2) is 14.2 Å². The number of nitrogens with zero attached hydrogens (tertiary/aromatic N) is 5. The van der Waals surface area contributed by atoms with Gasteiger partial charge < -0.3 is 20.1 Å². The number of ether oxygens (including phenoxy) is 1. The number of imidazole rings is 1. The Balaban J connectivity index is 0.000000559. The summed E-state index contributed by atoms with van der Waals surface area (Å²) in [5.41, 5.74) is -0.665. The number of aliphatic carboxylic acids is 1. The summed E-state index contributed by atoms with van der Waals surface area (Å²) in [6, 6.07) is 4.81. The third-order valence-corrected chi connectivity index (χ3v) is 5.51. The van der Waals surface area contributed by atoms with Gasteiger partial charge in [-0.1, -0.05) is 5.92 Å². The van der Waals surface area contributed by atoms with Crippen molar-refractivity contribution < 1.29 is 41.0 Å². The number of fused-ring (bicyclic) bond motifs is 1. The fourth-order valence-corrected chi connectivity index (χ4v) is 3.73. The van der Waals surface area contributed by atoms with E-state index in [0.29, 0.717) is 19.0 Å². The number of hydrogen-bond acceptors (Lipinski definition) is 7. The summed E-state index contributed by atoms with van der Waals surface area (Å²) in [5, 5.41) is 10.4. The molecule has 0 saturated carbocycles. The van der Waals surface area contributed by atoms with Crippen LogP contribution in [0.5, 0.6) is 5.75 Å². The smallest absolute Gasteiger partial charge is 0.475 e. The third-order valence-electron chi connectivity index (χ3n) is 5.51. The highest BCUT2D eigenvalue weighted by Gasteiger charge is 2.38. The average Bonchev–Trinajstić information content (AvgIpc) is 3.25. The average molecular weight is 576 g/mol. The number of aromatic nitrogens is 4. The predicted octanol–water partition coefficient (Wildman–Crippen LogP) is 1.85. The molecule has 17 heteroatoms. The molecule has 216 valence electrons. The molecule has 0 amide bonds. The van der Waals surface area contributed by atoms with Crippen molar-refractivity contribution in [3.05, 3.63) is 45.1 Å². The van der Waals surface area contributed by atoms with Gasteiger partial charge in [-0.15, -0.1) is 19.1 Å². The number of piperazine rings is 1. The predicted molar refractivity (Wildman–Crippen MR) is 129 cm³/mol. The van der Waals surface area contributed by atoms with E-state index in [4.69, 9.17) is 9.90 Å². The second kappa shape index (κ2) is 11.7. The van der Waals surface area contributed by atoms with Crippen LogP contribution in [-0.2, 0) is 18.4 Å². The Morgan fingerprint density at radius 1 is 1.10 bits per heavy atom. The molecule has 0 radical (unpaired) electrons. The molecule has 2 N–H and O–H groups in total. The molecule has 0 spiro atoms. The Bertz CT molecular complexity index is 1550. The molecule has 3 heterocycles. The summed E-state index contributed by atoms with van der Waals surface area (Å²) in [6.07, 6.45) is -9.92. The lowest BCUT2D eigenvalue weighted by molar-refractivity contribution is -0.274. The summed E-state index contributed by atoms with van der Waals surface area (Å²) >= 11 is 0. The number of halogens is 6. The fraction of sp³-hybridized carbons (Fsp3) is 0.391. The molecule has 1 saturated heterocycles. The van der Waals surface area contributed by atoms with E-state index in [9.17, 15) is 35.9 Å². The van der Waals surface area contributed by atoms with Crippen molar-refractivity contribution in [3.8, 4) is 23.3 Å². The number of carboxylic acids is 1. The molecular weight excluding hydrogens is 554 g/mol. The Hall–Kier alpha value is -4.46. The first kappa shape index (κ1) is 30.1. The van der Waals surface area contributed by atoms with Gasteiger partial charge in [0.15, 0.2) is 11.2 Å². The van der Waals surface area contributed by atoms with E-state index in [0.717, 1.165) is 29.8 Å². The topological polar surface area (TPSA) is 124 Å². The highest BCUT2D eigenvalue weighted by molar-refractivity contribution is 5.77. The Morgan fingerprint density at radius 3 is 2.17 bits per heavy atom. The van der Waals surface area contributed by atoms with Crippen molar-refractivity contribution >= 4 is 23.1 Å². The van der Waals surface area contributed by atoms with Crippen LogP contribution >= 0.6 is 0 Å². The molecule has 0 unspecified atom stereocenters. The van der Waals surface area contributed by atoms with Gasteiger partial charge in [0.1, 0.15) is 5.75 Å². The zero-order valence-corrected chi connectivity index (χ0v) is 20.9. The highest BCUT2D eigenvalue weighted by Crippen LogP contribution is 2.26. The van der Waals surface area contributed by atoms with Crippen molar-refractivity contribution in [2.45, 2.75) is 26.0 Å². The minimum atomic E-state index is -5.08. The summed E-state index contributed by atoms with van der Waals surface area (Å²) in [4.78, 5) is 41.7. The van der Waals surface area contributed by atoms with Crippen LogP contribution in [0.25, 0.3) is 16.9 Å². The van der Waals surface area contributed by atoms with Crippen molar-refractivity contribution in [2.24, 2.45) is 7.05 Å². The van der Waals surface area contributed by atoms with Crippen molar-refractivity contribution in [2.75, 3.05) is 31.1 Å².